The second-order valence-electron chi connectivity index (χ2n) is 10.2. The lowest BCUT2D eigenvalue weighted by Gasteiger charge is -2.26. The van der Waals surface area contributed by atoms with Gasteiger partial charge in [0.05, 0.1) is 23.9 Å². The molecule has 37 heavy (non-hydrogen) atoms. The van der Waals surface area contributed by atoms with E-state index in [2.05, 4.69) is 4.99 Å². The highest BCUT2D eigenvalue weighted by Gasteiger charge is 2.53. The van der Waals surface area contributed by atoms with Crippen LogP contribution in [0.4, 0.5) is 0 Å². The first-order valence-corrected chi connectivity index (χ1v) is 12.7. The minimum absolute atomic E-state index is 0.0211. The van der Waals surface area contributed by atoms with Gasteiger partial charge < -0.3 is 27.2 Å². The molecule has 196 valence electrons. The normalized spacial score (nSPS) is 22.9. The summed E-state index contributed by atoms with van der Waals surface area (Å²) in [6, 6.07) is 14.8. The van der Waals surface area contributed by atoms with Crippen molar-refractivity contribution in [2.45, 2.75) is 57.0 Å². The Kier molecular flexibility index (Phi) is 7.92. The Labute approximate surface area is 216 Å². The Morgan fingerprint density at radius 1 is 1.11 bits per heavy atom. The highest BCUT2D eigenvalue weighted by atomic mass is 16.4. The number of rotatable bonds is 10. The van der Waals surface area contributed by atoms with Gasteiger partial charge in [-0.1, -0.05) is 42.5 Å². The molecule has 1 amide bonds. The van der Waals surface area contributed by atoms with Gasteiger partial charge in [-0.25, -0.2) is 4.99 Å². The molecule has 1 fully saturated rings. The van der Waals surface area contributed by atoms with Crippen LogP contribution in [0, 0.1) is 5.41 Å². The molecule has 1 unspecified atom stereocenters. The molecule has 2 aliphatic rings. The lowest BCUT2D eigenvalue weighted by Crippen LogP contribution is -2.43. The summed E-state index contributed by atoms with van der Waals surface area (Å²) in [4.78, 5) is 44.8. The maximum atomic E-state index is 13.8. The number of nitrogens with two attached hydrogens (primary N) is 3. The minimum Gasteiger partial charge on any atom is -0.481 e. The first-order valence-electron chi connectivity index (χ1n) is 12.7. The molecule has 0 bridgehead atoms. The summed E-state index contributed by atoms with van der Waals surface area (Å²) in [5.41, 5.74) is 19.6. The molecule has 9 heteroatoms. The zero-order valence-corrected chi connectivity index (χ0v) is 20.9. The number of hydrogen-bond acceptors (Lipinski definition) is 5. The molecular formula is C28H35N5O4. The first kappa shape index (κ1) is 26.3. The van der Waals surface area contributed by atoms with E-state index in [9.17, 15) is 19.5 Å². The summed E-state index contributed by atoms with van der Waals surface area (Å²) < 4.78 is 0. The van der Waals surface area contributed by atoms with Gasteiger partial charge in [0.2, 0.25) is 5.91 Å². The Morgan fingerprint density at radius 3 is 2.54 bits per heavy atom. The van der Waals surface area contributed by atoms with E-state index < -0.39 is 23.8 Å². The average molecular weight is 506 g/mol. The topological polar surface area (TPSA) is 165 Å². The molecule has 0 radical (unpaired) electrons. The molecule has 1 aliphatic carbocycles. The number of carboxylic acids is 1. The number of carboxylic acid groups (broad SMARTS) is 1. The zero-order chi connectivity index (χ0) is 26.6. The first-order chi connectivity index (χ1) is 17.7. The van der Waals surface area contributed by atoms with E-state index in [0.717, 1.165) is 36.0 Å². The van der Waals surface area contributed by atoms with Crippen LogP contribution in [0.3, 0.4) is 0 Å². The van der Waals surface area contributed by atoms with Crippen molar-refractivity contribution >= 4 is 23.6 Å². The van der Waals surface area contributed by atoms with Gasteiger partial charge in [0, 0.05) is 18.7 Å². The Hall–Kier alpha value is -3.72. The maximum absolute atomic E-state index is 13.8. The third kappa shape index (κ3) is 5.83. The van der Waals surface area contributed by atoms with Crippen LogP contribution in [-0.2, 0) is 28.9 Å². The van der Waals surface area contributed by atoms with E-state index in [4.69, 9.17) is 17.2 Å². The van der Waals surface area contributed by atoms with Crippen LogP contribution in [0.15, 0.2) is 53.5 Å². The quantitative estimate of drug-likeness (QED) is 0.216. The van der Waals surface area contributed by atoms with Crippen molar-refractivity contribution < 1.29 is 19.5 Å². The van der Waals surface area contributed by atoms with Gasteiger partial charge in [-0.3, -0.25) is 14.4 Å². The van der Waals surface area contributed by atoms with Gasteiger partial charge in [-0.05, 0) is 61.3 Å². The number of aliphatic carboxylic acids is 1. The predicted molar refractivity (Wildman–Crippen MR) is 141 cm³/mol. The Balaban J connectivity index is 1.56. The smallest absolute Gasteiger partial charge is 0.304 e. The largest absolute Gasteiger partial charge is 0.481 e. The maximum Gasteiger partial charge on any atom is 0.304 e. The fourth-order valence-corrected chi connectivity index (χ4v) is 5.69. The van der Waals surface area contributed by atoms with Crippen molar-refractivity contribution in [1.29, 1.82) is 0 Å². The van der Waals surface area contributed by atoms with Gasteiger partial charge in [0.15, 0.2) is 11.7 Å². The lowest BCUT2D eigenvalue weighted by atomic mass is 9.80. The van der Waals surface area contributed by atoms with Crippen LogP contribution < -0.4 is 17.2 Å². The number of guanidine groups is 1. The molecule has 4 rings (SSSR count). The SMILES string of the molecule is NC[C@@]1(CC(=O)O)C[C@@H](C(=O)c2ccc3c(c2)CCC(N=C(N)N)C3)N(CCCc2ccccc2)C1=O. The number of aliphatic imine (C=N–C) groups is 1. The van der Waals surface area contributed by atoms with Gasteiger partial charge >= 0.3 is 5.97 Å². The van der Waals surface area contributed by atoms with Crippen LogP contribution in [0.5, 0.6) is 0 Å². The molecule has 9 nitrogen and oxygen atoms in total. The zero-order valence-electron chi connectivity index (χ0n) is 20.9. The van der Waals surface area contributed by atoms with E-state index in [1.54, 1.807) is 11.0 Å². The summed E-state index contributed by atoms with van der Waals surface area (Å²) in [6.45, 7) is 0.240. The molecule has 0 aromatic heterocycles. The molecular weight excluding hydrogens is 470 g/mol. The van der Waals surface area contributed by atoms with Crippen molar-refractivity contribution in [2.75, 3.05) is 13.1 Å². The molecule has 0 spiro atoms. The Morgan fingerprint density at radius 2 is 1.86 bits per heavy atom. The number of Topliss-reactive ketones (excluding diaryl/α,β-unsaturated/α-hetero) is 1. The number of aryl methyl sites for hydroxylation is 2. The molecule has 2 aromatic carbocycles. The highest BCUT2D eigenvalue weighted by molar-refractivity contribution is 6.05. The summed E-state index contributed by atoms with van der Waals surface area (Å²) in [5, 5.41) is 9.51. The lowest BCUT2D eigenvalue weighted by molar-refractivity contribution is -0.146. The highest BCUT2D eigenvalue weighted by Crippen LogP contribution is 2.40. The fraction of sp³-hybridized carbons (Fsp3) is 0.429. The monoisotopic (exact) mass is 505 g/mol. The second-order valence-corrected chi connectivity index (χ2v) is 10.2. The summed E-state index contributed by atoms with van der Waals surface area (Å²) >= 11 is 0. The standard InChI is InChI=1S/C28H35N5O4/c29-17-28(16-24(34)35)15-23(33(26(28)37)12-4-7-18-5-2-1-3-6-18)25(36)21-9-8-20-14-22(32-27(30)31)11-10-19(20)13-21/h1-3,5-6,8-9,13,22-23H,4,7,10-12,14-17,29H2,(H,34,35)(H4,30,31,32)/t22?,23-,28-/m0/s1. The van der Waals surface area contributed by atoms with E-state index in [1.807, 2.05) is 42.5 Å². The molecule has 1 aliphatic heterocycles. The van der Waals surface area contributed by atoms with Crippen LogP contribution in [0.1, 0.15) is 52.7 Å². The number of nitrogens with zero attached hydrogens (tertiary/aromatic N) is 2. The number of ketones is 1. The number of carbonyl (C=O) groups is 3. The summed E-state index contributed by atoms with van der Waals surface area (Å²) in [5.74, 6) is -1.55. The van der Waals surface area contributed by atoms with E-state index in [-0.39, 0.29) is 36.7 Å². The fourth-order valence-electron chi connectivity index (χ4n) is 5.69. The minimum atomic E-state index is -1.28. The van der Waals surface area contributed by atoms with Crippen molar-refractivity contribution in [3.8, 4) is 0 Å². The van der Waals surface area contributed by atoms with Crippen LogP contribution in [-0.4, -0.2) is 58.8 Å². The van der Waals surface area contributed by atoms with Crippen molar-refractivity contribution in [1.82, 2.24) is 4.90 Å². The Bertz CT molecular complexity index is 1190. The van der Waals surface area contributed by atoms with Crippen molar-refractivity contribution in [2.24, 2.45) is 27.6 Å². The van der Waals surface area contributed by atoms with Crippen LogP contribution in [0.2, 0.25) is 0 Å². The molecule has 1 heterocycles. The van der Waals surface area contributed by atoms with Gasteiger partial charge in [-0.2, -0.15) is 0 Å². The van der Waals surface area contributed by atoms with Gasteiger partial charge in [0.25, 0.3) is 0 Å². The average Bonchev–Trinajstić information content (AvgIpc) is 3.14. The molecule has 3 atom stereocenters. The summed E-state index contributed by atoms with van der Waals surface area (Å²) in [7, 11) is 0. The number of hydrogen-bond donors (Lipinski definition) is 4. The molecule has 7 N–H and O–H groups in total. The summed E-state index contributed by atoms with van der Waals surface area (Å²) in [6.07, 6.45) is 3.34. The van der Waals surface area contributed by atoms with Gasteiger partial charge in [0.1, 0.15) is 0 Å². The molecule has 2 aromatic rings. The molecule has 0 saturated carbocycles. The number of amides is 1. The van der Waals surface area contributed by atoms with Crippen LogP contribution in [0.25, 0.3) is 0 Å². The van der Waals surface area contributed by atoms with Crippen molar-refractivity contribution in [3.63, 3.8) is 0 Å². The predicted octanol–water partition coefficient (Wildman–Crippen LogP) is 1.65. The van der Waals surface area contributed by atoms with Crippen LogP contribution >= 0.6 is 0 Å². The third-order valence-corrected chi connectivity index (χ3v) is 7.59. The number of carbonyl (C=O) groups excluding carboxylic acids is 2. The third-order valence-electron chi connectivity index (χ3n) is 7.59. The second kappa shape index (κ2) is 11.1. The number of fused-ring (bicyclic) bond motifs is 1. The molecule has 1 saturated heterocycles. The van der Waals surface area contributed by atoms with E-state index in [0.29, 0.717) is 24.9 Å². The number of likely N-dealkylation sites (tertiary alicyclic amines) is 1. The number of benzene rings is 2. The van der Waals surface area contributed by atoms with E-state index >= 15 is 0 Å². The van der Waals surface area contributed by atoms with Crippen molar-refractivity contribution in [3.05, 3.63) is 70.8 Å². The van der Waals surface area contributed by atoms with Gasteiger partial charge in [-0.15, -0.1) is 0 Å². The van der Waals surface area contributed by atoms with E-state index in [1.165, 1.54) is 0 Å².